The molecule has 0 fully saturated rings. The van der Waals surface area contributed by atoms with Crippen LogP contribution in [0.25, 0.3) is 0 Å². The third-order valence-electron chi connectivity index (χ3n) is 2.17. The maximum atomic E-state index is 4.28. The Kier molecular flexibility index (Phi) is 4.38. The Labute approximate surface area is 106 Å². The minimum Gasteiger partial charge on any atom is -0.370 e. The number of hydrogen-bond acceptors (Lipinski definition) is 4. The van der Waals surface area contributed by atoms with Crippen molar-refractivity contribution in [3.05, 3.63) is 42.9 Å². The van der Waals surface area contributed by atoms with Gasteiger partial charge in [-0.2, -0.15) is 0 Å². The summed E-state index contributed by atoms with van der Waals surface area (Å²) in [6.07, 6.45) is 6.55. The van der Waals surface area contributed by atoms with Gasteiger partial charge in [-0.3, -0.25) is 4.98 Å². The number of aromatic nitrogens is 2. The first-order valence-corrected chi connectivity index (χ1v) is 6.48. The summed E-state index contributed by atoms with van der Waals surface area (Å²) in [7, 11) is 0. The van der Waals surface area contributed by atoms with Crippen LogP contribution in [0.5, 0.6) is 0 Å². The van der Waals surface area contributed by atoms with E-state index < -0.39 is 0 Å². The Hall–Kier alpha value is -1.55. The number of nitrogens with one attached hydrogen (secondary N) is 1. The molecule has 2 aromatic rings. The second-order valence-electron chi connectivity index (χ2n) is 3.59. The van der Waals surface area contributed by atoms with Crippen LogP contribution in [0.3, 0.4) is 0 Å². The van der Waals surface area contributed by atoms with E-state index in [0.29, 0.717) is 0 Å². The normalized spacial score (nSPS) is 10.2. The molecule has 0 saturated heterocycles. The maximum Gasteiger partial charge on any atom is 0.127 e. The minimum absolute atomic E-state index is 0.936. The van der Waals surface area contributed by atoms with Gasteiger partial charge in [0.2, 0.25) is 0 Å². The first-order chi connectivity index (χ1) is 8.38. The average molecular weight is 245 g/mol. The summed E-state index contributed by atoms with van der Waals surface area (Å²) >= 11 is 1.72. The van der Waals surface area contributed by atoms with Crippen molar-refractivity contribution < 1.29 is 0 Å². The van der Waals surface area contributed by atoms with Crippen molar-refractivity contribution in [2.24, 2.45) is 0 Å². The molecule has 0 aliphatic carbocycles. The third kappa shape index (κ3) is 3.75. The summed E-state index contributed by atoms with van der Waals surface area (Å²) < 4.78 is 0. The van der Waals surface area contributed by atoms with Crippen LogP contribution in [0.4, 0.5) is 5.82 Å². The number of pyridine rings is 2. The molecule has 0 unspecified atom stereocenters. The van der Waals surface area contributed by atoms with E-state index in [-0.39, 0.29) is 0 Å². The lowest BCUT2D eigenvalue weighted by molar-refractivity contribution is 0.967. The molecule has 0 spiro atoms. The summed E-state index contributed by atoms with van der Waals surface area (Å²) in [6.45, 7) is 3.10. The van der Waals surface area contributed by atoms with E-state index in [9.17, 15) is 0 Å². The number of rotatable bonds is 5. The second kappa shape index (κ2) is 6.25. The topological polar surface area (TPSA) is 37.8 Å². The van der Waals surface area contributed by atoms with E-state index in [2.05, 4.69) is 28.3 Å². The fraction of sp³-hybridized carbons (Fsp3) is 0.231. The summed E-state index contributed by atoms with van der Waals surface area (Å²) in [6, 6.07) is 8.09. The molecule has 0 radical (unpaired) electrons. The summed E-state index contributed by atoms with van der Waals surface area (Å²) in [5.74, 6) is 0.936. The molecular formula is C13H15N3S. The van der Waals surface area contributed by atoms with Crippen LogP contribution in [0.2, 0.25) is 0 Å². The Morgan fingerprint density at radius 3 is 2.65 bits per heavy atom. The Morgan fingerprint density at radius 2 is 1.88 bits per heavy atom. The van der Waals surface area contributed by atoms with Gasteiger partial charge in [-0.1, -0.05) is 18.7 Å². The van der Waals surface area contributed by atoms with Gasteiger partial charge in [0.1, 0.15) is 5.82 Å². The highest BCUT2D eigenvalue weighted by Crippen LogP contribution is 2.27. The van der Waals surface area contributed by atoms with E-state index in [1.807, 2.05) is 24.4 Å². The van der Waals surface area contributed by atoms with Gasteiger partial charge in [-0.25, -0.2) is 4.98 Å². The molecule has 2 rings (SSSR count). The van der Waals surface area contributed by atoms with Crippen LogP contribution in [0, 0.1) is 0 Å². The largest absolute Gasteiger partial charge is 0.370 e. The van der Waals surface area contributed by atoms with Crippen molar-refractivity contribution in [1.29, 1.82) is 0 Å². The van der Waals surface area contributed by atoms with E-state index in [4.69, 9.17) is 0 Å². The molecule has 4 heteroatoms. The van der Waals surface area contributed by atoms with Crippen LogP contribution < -0.4 is 5.32 Å². The molecule has 0 bridgehead atoms. The lowest BCUT2D eigenvalue weighted by Gasteiger charge is -2.05. The van der Waals surface area contributed by atoms with E-state index >= 15 is 0 Å². The third-order valence-corrected chi connectivity index (χ3v) is 3.17. The lowest BCUT2D eigenvalue weighted by Crippen LogP contribution is -2.01. The van der Waals surface area contributed by atoms with E-state index in [1.54, 1.807) is 24.2 Å². The van der Waals surface area contributed by atoms with Crippen molar-refractivity contribution in [2.75, 3.05) is 11.9 Å². The highest BCUT2D eigenvalue weighted by atomic mass is 32.2. The summed E-state index contributed by atoms with van der Waals surface area (Å²) in [4.78, 5) is 10.7. The molecule has 0 amide bonds. The Morgan fingerprint density at radius 1 is 1.12 bits per heavy atom. The lowest BCUT2D eigenvalue weighted by atomic mass is 10.4. The van der Waals surface area contributed by atoms with Crippen LogP contribution in [0.15, 0.2) is 52.6 Å². The molecule has 17 heavy (non-hydrogen) atoms. The highest BCUT2D eigenvalue weighted by molar-refractivity contribution is 7.99. The van der Waals surface area contributed by atoms with Crippen LogP contribution in [-0.2, 0) is 0 Å². The molecular weight excluding hydrogens is 230 g/mol. The quantitative estimate of drug-likeness (QED) is 0.875. The average Bonchev–Trinajstić information content (AvgIpc) is 2.38. The van der Waals surface area contributed by atoms with Gasteiger partial charge in [0.05, 0.1) is 0 Å². The maximum absolute atomic E-state index is 4.28. The zero-order valence-electron chi connectivity index (χ0n) is 9.76. The first kappa shape index (κ1) is 11.9. The fourth-order valence-corrected chi connectivity index (χ4v) is 2.20. The molecule has 2 aromatic heterocycles. The summed E-state index contributed by atoms with van der Waals surface area (Å²) in [5, 5.41) is 3.28. The van der Waals surface area contributed by atoms with Gasteiger partial charge in [0.25, 0.3) is 0 Å². The number of nitrogens with zero attached hydrogens (tertiary/aromatic N) is 2. The van der Waals surface area contributed by atoms with Gasteiger partial charge < -0.3 is 5.32 Å². The van der Waals surface area contributed by atoms with Gasteiger partial charge in [0, 0.05) is 34.9 Å². The molecule has 0 saturated carbocycles. The number of anilines is 1. The second-order valence-corrected chi connectivity index (χ2v) is 4.74. The standard InChI is InChI=1S/C13H15N3S/c1-2-6-15-13-10-12(5-9-16-13)17-11-3-7-14-8-4-11/h3-5,7-10H,2,6H2,1H3,(H,15,16). The van der Waals surface area contributed by atoms with Crippen molar-refractivity contribution >= 4 is 17.6 Å². The monoisotopic (exact) mass is 245 g/mol. The SMILES string of the molecule is CCCNc1cc(Sc2ccncc2)ccn1. The van der Waals surface area contributed by atoms with Crippen molar-refractivity contribution in [3.63, 3.8) is 0 Å². The highest BCUT2D eigenvalue weighted by Gasteiger charge is 1.99. The molecule has 0 aromatic carbocycles. The van der Waals surface area contributed by atoms with Crippen LogP contribution in [0.1, 0.15) is 13.3 Å². The Balaban J connectivity index is 2.06. The predicted octanol–water partition coefficient (Wildman–Crippen LogP) is 3.45. The predicted molar refractivity (Wildman–Crippen MR) is 71.4 cm³/mol. The van der Waals surface area contributed by atoms with Crippen LogP contribution in [-0.4, -0.2) is 16.5 Å². The first-order valence-electron chi connectivity index (χ1n) is 5.66. The molecule has 0 aliphatic heterocycles. The fourth-order valence-electron chi connectivity index (χ4n) is 1.37. The van der Waals surface area contributed by atoms with Gasteiger partial charge in [-0.05, 0) is 30.7 Å². The van der Waals surface area contributed by atoms with Gasteiger partial charge in [0.15, 0.2) is 0 Å². The van der Waals surface area contributed by atoms with Crippen LogP contribution >= 0.6 is 11.8 Å². The molecule has 2 heterocycles. The molecule has 0 atom stereocenters. The number of hydrogen-bond donors (Lipinski definition) is 1. The summed E-state index contributed by atoms with van der Waals surface area (Å²) in [5.41, 5.74) is 0. The van der Waals surface area contributed by atoms with E-state index in [0.717, 1.165) is 18.8 Å². The zero-order valence-corrected chi connectivity index (χ0v) is 10.6. The molecule has 88 valence electrons. The zero-order chi connectivity index (χ0) is 11.9. The minimum atomic E-state index is 0.936. The Bertz CT molecular complexity index is 459. The molecule has 0 aliphatic rings. The van der Waals surface area contributed by atoms with Crippen molar-refractivity contribution in [3.8, 4) is 0 Å². The smallest absolute Gasteiger partial charge is 0.127 e. The van der Waals surface area contributed by atoms with Gasteiger partial charge in [-0.15, -0.1) is 0 Å². The van der Waals surface area contributed by atoms with E-state index in [1.165, 1.54) is 9.79 Å². The molecule has 1 N–H and O–H groups in total. The van der Waals surface area contributed by atoms with Gasteiger partial charge >= 0.3 is 0 Å². The van der Waals surface area contributed by atoms with Crippen molar-refractivity contribution in [2.45, 2.75) is 23.1 Å². The van der Waals surface area contributed by atoms with Crippen molar-refractivity contribution in [1.82, 2.24) is 9.97 Å². The molecule has 3 nitrogen and oxygen atoms in total.